The molecule has 0 aliphatic heterocycles. The number of rotatable bonds is 5. The number of hydrogen-bond acceptors (Lipinski definition) is 5. The molecular formula is C17H16FN3O3S. The van der Waals surface area contributed by atoms with Crippen molar-refractivity contribution in [1.29, 1.82) is 0 Å². The smallest absolute Gasteiger partial charge is 0.260 e. The zero-order valence-corrected chi connectivity index (χ0v) is 14.5. The van der Waals surface area contributed by atoms with Gasteiger partial charge in [-0.05, 0) is 31.2 Å². The fourth-order valence-corrected chi connectivity index (χ4v) is 3.36. The van der Waals surface area contributed by atoms with Crippen LogP contribution in [0.25, 0.3) is 11.5 Å². The summed E-state index contributed by atoms with van der Waals surface area (Å²) in [5, 5.41) is 3.74. The van der Waals surface area contributed by atoms with Gasteiger partial charge in [0.05, 0.1) is 17.0 Å². The van der Waals surface area contributed by atoms with Crippen molar-refractivity contribution in [3.8, 4) is 11.5 Å². The summed E-state index contributed by atoms with van der Waals surface area (Å²) in [5.74, 6) is -0.330. The first-order valence-corrected chi connectivity index (χ1v) is 8.92. The van der Waals surface area contributed by atoms with E-state index in [1.807, 2.05) is 6.92 Å². The van der Waals surface area contributed by atoms with Gasteiger partial charge in [0, 0.05) is 7.05 Å². The van der Waals surface area contributed by atoms with Crippen LogP contribution in [0.4, 0.5) is 4.39 Å². The summed E-state index contributed by atoms with van der Waals surface area (Å²) in [7, 11) is -2.25. The molecule has 3 rings (SSSR count). The number of aryl methyl sites for hydroxylation is 1. The van der Waals surface area contributed by atoms with Crippen LogP contribution < -0.4 is 0 Å². The Morgan fingerprint density at radius 2 is 1.80 bits per heavy atom. The predicted octanol–water partition coefficient (Wildman–Crippen LogP) is 3.00. The Kier molecular flexibility index (Phi) is 4.65. The molecule has 0 aliphatic carbocycles. The molecule has 130 valence electrons. The summed E-state index contributed by atoms with van der Waals surface area (Å²) >= 11 is 0. The Bertz CT molecular complexity index is 984. The molecular weight excluding hydrogens is 345 g/mol. The monoisotopic (exact) mass is 361 g/mol. The lowest BCUT2D eigenvalue weighted by Crippen LogP contribution is -2.27. The fraction of sp³-hybridized carbons (Fsp3) is 0.176. The number of hydrogen-bond donors (Lipinski definition) is 0. The maximum absolute atomic E-state index is 13.8. The molecule has 0 saturated carbocycles. The molecule has 0 aliphatic rings. The normalized spacial score (nSPS) is 11.8. The van der Waals surface area contributed by atoms with E-state index < -0.39 is 15.8 Å². The van der Waals surface area contributed by atoms with Gasteiger partial charge in [0.15, 0.2) is 5.82 Å². The number of halogens is 1. The van der Waals surface area contributed by atoms with Gasteiger partial charge < -0.3 is 4.52 Å². The van der Waals surface area contributed by atoms with Gasteiger partial charge in [0.1, 0.15) is 5.82 Å². The zero-order valence-electron chi connectivity index (χ0n) is 13.7. The fourth-order valence-electron chi connectivity index (χ4n) is 2.24. The summed E-state index contributed by atoms with van der Waals surface area (Å²) < 4.78 is 45.0. The van der Waals surface area contributed by atoms with Gasteiger partial charge in [-0.2, -0.15) is 9.29 Å². The van der Waals surface area contributed by atoms with Gasteiger partial charge >= 0.3 is 0 Å². The Balaban J connectivity index is 1.81. The molecule has 8 heteroatoms. The van der Waals surface area contributed by atoms with Crippen LogP contribution in [-0.2, 0) is 16.6 Å². The highest BCUT2D eigenvalue weighted by Gasteiger charge is 2.23. The van der Waals surface area contributed by atoms with Crippen LogP contribution in [0.5, 0.6) is 0 Å². The van der Waals surface area contributed by atoms with Crippen molar-refractivity contribution in [2.24, 2.45) is 0 Å². The highest BCUT2D eigenvalue weighted by molar-refractivity contribution is 7.89. The molecule has 0 unspecified atom stereocenters. The lowest BCUT2D eigenvalue weighted by atomic mass is 10.2. The molecule has 2 aromatic carbocycles. The third kappa shape index (κ3) is 3.59. The minimum atomic E-state index is -3.68. The quantitative estimate of drug-likeness (QED) is 0.698. The molecule has 0 amide bonds. The van der Waals surface area contributed by atoms with E-state index in [0.717, 1.165) is 9.87 Å². The molecule has 0 fully saturated rings. The maximum Gasteiger partial charge on any atom is 0.260 e. The largest absolute Gasteiger partial charge is 0.334 e. The second kappa shape index (κ2) is 6.73. The van der Waals surface area contributed by atoms with Crippen molar-refractivity contribution in [1.82, 2.24) is 14.4 Å². The third-order valence-electron chi connectivity index (χ3n) is 3.67. The Labute approximate surface area is 145 Å². The minimum Gasteiger partial charge on any atom is -0.334 e. The molecule has 0 N–H and O–H groups in total. The van der Waals surface area contributed by atoms with Crippen molar-refractivity contribution < 1.29 is 17.3 Å². The SMILES string of the molecule is Cc1ccc(S(=O)(=O)N(C)Cc2noc(-c3ccccc3F)n2)cc1. The van der Waals surface area contributed by atoms with Crippen molar-refractivity contribution >= 4 is 10.0 Å². The van der Waals surface area contributed by atoms with E-state index >= 15 is 0 Å². The van der Waals surface area contributed by atoms with Gasteiger partial charge in [0.25, 0.3) is 5.89 Å². The predicted molar refractivity (Wildman–Crippen MR) is 89.5 cm³/mol. The third-order valence-corrected chi connectivity index (χ3v) is 5.48. The Morgan fingerprint density at radius 3 is 2.48 bits per heavy atom. The van der Waals surface area contributed by atoms with Crippen molar-refractivity contribution in [3.63, 3.8) is 0 Å². The second-order valence-electron chi connectivity index (χ2n) is 5.57. The highest BCUT2D eigenvalue weighted by atomic mass is 32.2. The lowest BCUT2D eigenvalue weighted by molar-refractivity contribution is 0.401. The van der Waals surface area contributed by atoms with Gasteiger partial charge in [0.2, 0.25) is 10.0 Å². The van der Waals surface area contributed by atoms with Crippen molar-refractivity contribution in [3.05, 3.63) is 65.7 Å². The van der Waals surface area contributed by atoms with E-state index in [0.29, 0.717) is 0 Å². The van der Waals surface area contributed by atoms with Gasteiger partial charge in [-0.25, -0.2) is 12.8 Å². The average molecular weight is 361 g/mol. The van der Waals surface area contributed by atoms with Crippen LogP contribution in [0.15, 0.2) is 57.9 Å². The van der Waals surface area contributed by atoms with Crippen LogP contribution in [0.2, 0.25) is 0 Å². The van der Waals surface area contributed by atoms with E-state index in [-0.39, 0.29) is 28.7 Å². The van der Waals surface area contributed by atoms with Crippen LogP contribution in [0.1, 0.15) is 11.4 Å². The topological polar surface area (TPSA) is 76.3 Å². The summed E-state index contributed by atoms with van der Waals surface area (Å²) in [6.07, 6.45) is 0. The molecule has 3 aromatic rings. The highest BCUT2D eigenvalue weighted by Crippen LogP contribution is 2.22. The molecule has 1 aromatic heterocycles. The number of aromatic nitrogens is 2. The van der Waals surface area contributed by atoms with Crippen molar-refractivity contribution in [2.45, 2.75) is 18.4 Å². The first kappa shape index (κ1) is 17.2. The molecule has 0 saturated heterocycles. The van der Waals surface area contributed by atoms with Gasteiger partial charge in [-0.15, -0.1) is 0 Å². The first-order chi connectivity index (χ1) is 11.9. The molecule has 0 atom stereocenters. The summed E-state index contributed by atoms with van der Waals surface area (Å²) in [5.41, 5.74) is 1.14. The van der Waals surface area contributed by atoms with E-state index in [9.17, 15) is 12.8 Å². The second-order valence-corrected chi connectivity index (χ2v) is 7.61. The van der Waals surface area contributed by atoms with Crippen LogP contribution in [-0.4, -0.2) is 29.9 Å². The van der Waals surface area contributed by atoms with Crippen molar-refractivity contribution in [2.75, 3.05) is 7.05 Å². The number of sulfonamides is 1. The van der Waals surface area contributed by atoms with Gasteiger partial charge in [-0.1, -0.05) is 35.0 Å². The lowest BCUT2D eigenvalue weighted by Gasteiger charge is -2.15. The molecule has 0 spiro atoms. The number of nitrogens with zero attached hydrogens (tertiary/aromatic N) is 3. The van der Waals surface area contributed by atoms with E-state index in [4.69, 9.17) is 4.52 Å². The maximum atomic E-state index is 13.8. The molecule has 1 heterocycles. The van der Waals surface area contributed by atoms with Crippen LogP contribution in [0, 0.1) is 12.7 Å². The molecule has 6 nitrogen and oxygen atoms in total. The Hall–Kier alpha value is -2.58. The zero-order chi connectivity index (χ0) is 18.0. The van der Waals surface area contributed by atoms with Crippen LogP contribution >= 0.6 is 0 Å². The van der Waals surface area contributed by atoms with Gasteiger partial charge in [-0.3, -0.25) is 0 Å². The van der Waals surface area contributed by atoms with Crippen LogP contribution in [0.3, 0.4) is 0 Å². The average Bonchev–Trinajstić information content (AvgIpc) is 3.04. The summed E-state index contributed by atoms with van der Waals surface area (Å²) in [4.78, 5) is 4.26. The summed E-state index contributed by atoms with van der Waals surface area (Å²) in [6, 6.07) is 12.5. The number of benzene rings is 2. The minimum absolute atomic E-state index is 0.00855. The molecule has 25 heavy (non-hydrogen) atoms. The standard InChI is InChI=1S/C17H16FN3O3S/c1-12-7-9-13(10-8-12)25(22,23)21(2)11-16-19-17(24-20-16)14-5-3-4-6-15(14)18/h3-10H,11H2,1-2H3. The first-order valence-electron chi connectivity index (χ1n) is 7.48. The van der Waals surface area contributed by atoms with E-state index in [2.05, 4.69) is 10.1 Å². The summed E-state index contributed by atoms with van der Waals surface area (Å²) in [6.45, 7) is 1.79. The molecule has 0 radical (unpaired) electrons. The van der Waals surface area contributed by atoms with E-state index in [1.54, 1.807) is 36.4 Å². The molecule has 0 bridgehead atoms. The Morgan fingerprint density at radius 1 is 1.12 bits per heavy atom. The van der Waals surface area contributed by atoms with E-state index in [1.165, 1.54) is 19.2 Å².